The van der Waals surface area contributed by atoms with Gasteiger partial charge in [0.1, 0.15) is 5.82 Å². The Morgan fingerprint density at radius 2 is 2.29 bits per heavy atom. The quantitative estimate of drug-likeness (QED) is 0.796. The van der Waals surface area contributed by atoms with Crippen LogP contribution in [0, 0.1) is 0 Å². The monoisotopic (exact) mass is 281 g/mol. The van der Waals surface area contributed by atoms with Gasteiger partial charge in [-0.25, -0.2) is 14.5 Å². The highest BCUT2D eigenvalue weighted by Gasteiger charge is 2.12. The Labute approximate surface area is 122 Å². The molecule has 0 amide bonds. The number of pyridine rings is 1. The average molecular weight is 281 g/mol. The van der Waals surface area contributed by atoms with Crippen LogP contribution >= 0.6 is 0 Å². The van der Waals surface area contributed by atoms with E-state index in [0.29, 0.717) is 5.88 Å². The van der Waals surface area contributed by atoms with E-state index in [-0.39, 0.29) is 0 Å². The van der Waals surface area contributed by atoms with Gasteiger partial charge in [-0.2, -0.15) is 5.10 Å². The number of hydrogen-bond donors (Lipinski definition) is 1. The molecule has 0 atom stereocenters. The van der Waals surface area contributed by atoms with Crippen molar-refractivity contribution in [2.24, 2.45) is 0 Å². The Balaban J connectivity index is 2.21. The first-order valence-electron chi connectivity index (χ1n) is 6.46. The summed E-state index contributed by atoms with van der Waals surface area (Å²) in [4.78, 5) is 8.73. The minimum Gasteiger partial charge on any atom is -0.481 e. The normalized spacial score (nSPS) is 10.6. The van der Waals surface area contributed by atoms with E-state index in [1.807, 2.05) is 25.4 Å². The van der Waals surface area contributed by atoms with Gasteiger partial charge in [0.05, 0.1) is 13.3 Å². The highest BCUT2D eigenvalue weighted by molar-refractivity contribution is 5.79. The molecule has 106 valence electrons. The standard InChI is InChI=1S/C15H15N5O/c1-4-10-9-20-15(19-14(10)16-2)12(8-18-20)11-5-6-17-13(7-11)21-3/h4-9H,1H2,2-3H3,(H,16,19). The summed E-state index contributed by atoms with van der Waals surface area (Å²) in [7, 11) is 3.42. The highest BCUT2D eigenvalue weighted by atomic mass is 16.5. The zero-order chi connectivity index (χ0) is 14.8. The summed E-state index contributed by atoms with van der Waals surface area (Å²) in [5, 5.41) is 7.42. The van der Waals surface area contributed by atoms with Crippen molar-refractivity contribution in [2.45, 2.75) is 0 Å². The summed E-state index contributed by atoms with van der Waals surface area (Å²) < 4.78 is 6.90. The lowest BCUT2D eigenvalue weighted by Crippen LogP contribution is -2.00. The van der Waals surface area contributed by atoms with E-state index in [9.17, 15) is 0 Å². The van der Waals surface area contributed by atoms with Gasteiger partial charge >= 0.3 is 0 Å². The lowest BCUT2D eigenvalue weighted by molar-refractivity contribution is 0.398. The van der Waals surface area contributed by atoms with Crippen molar-refractivity contribution in [1.29, 1.82) is 0 Å². The van der Waals surface area contributed by atoms with Gasteiger partial charge in [-0.3, -0.25) is 0 Å². The van der Waals surface area contributed by atoms with E-state index in [4.69, 9.17) is 4.74 Å². The summed E-state index contributed by atoms with van der Waals surface area (Å²) in [6, 6.07) is 3.76. The van der Waals surface area contributed by atoms with Gasteiger partial charge in [0, 0.05) is 36.6 Å². The molecule has 1 N–H and O–H groups in total. The van der Waals surface area contributed by atoms with Gasteiger partial charge in [-0.05, 0) is 11.6 Å². The van der Waals surface area contributed by atoms with Crippen LogP contribution in [0.15, 0.2) is 37.3 Å². The third-order valence-corrected chi connectivity index (χ3v) is 3.23. The fraction of sp³-hybridized carbons (Fsp3) is 0.133. The lowest BCUT2D eigenvalue weighted by Gasteiger charge is -2.06. The van der Waals surface area contributed by atoms with Gasteiger partial charge in [0.2, 0.25) is 5.88 Å². The van der Waals surface area contributed by atoms with Crippen LogP contribution < -0.4 is 10.1 Å². The molecule has 3 heterocycles. The van der Waals surface area contributed by atoms with Crippen LogP contribution in [0.25, 0.3) is 22.9 Å². The van der Waals surface area contributed by atoms with Crippen molar-refractivity contribution in [3.05, 3.63) is 42.9 Å². The molecule has 3 aromatic rings. The maximum atomic E-state index is 5.16. The lowest BCUT2D eigenvalue weighted by atomic mass is 10.1. The zero-order valence-electron chi connectivity index (χ0n) is 11.9. The van der Waals surface area contributed by atoms with Crippen molar-refractivity contribution in [1.82, 2.24) is 19.6 Å². The molecule has 0 aliphatic rings. The predicted molar refractivity (Wildman–Crippen MR) is 82.4 cm³/mol. The van der Waals surface area contributed by atoms with Crippen molar-refractivity contribution in [2.75, 3.05) is 19.5 Å². The second-order valence-electron chi connectivity index (χ2n) is 4.41. The second kappa shape index (κ2) is 5.24. The van der Waals surface area contributed by atoms with Gasteiger partial charge < -0.3 is 10.1 Å². The summed E-state index contributed by atoms with van der Waals surface area (Å²) >= 11 is 0. The number of fused-ring (bicyclic) bond motifs is 1. The largest absolute Gasteiger partial charge is 0.481 e. The third kappa shape index (κ3) is 2.20. The van der Waals surface area contributed by atoms with E-state index in [2.05, 4.69) is 27.0 Å². The van der Waals surface area contributed by atoms with E-state index in [1.54, 1.807) is 30.1 Å². The van der Waals surface area contributed by atoms with Gasteiger partial charge in [0.15, 0.2) is 5.65 Å². The van der Waals surface area contributed by atoms with E-state index in [0.717, 1.165) is 28.2 Å². The number of rotatable bonds is 4. The molecule has 3 rings (SSSR count). The number of methoxy groups -OCH3 is 1. The second-order valence-corrected chi connectivity index (χ2v) is 4.41. The minimum atomic E-state index is 0.559. The topological polar surface area (TPSA) is 64.3 Å². The molecular formula is C15H15N5O. The smallest absolute Gasteiger partial charge is 0.213 e. The number of anilines is 1. The number of hydrogen-bond acceptors (Lipinski definition) is 5. The molecule has 0 aliphatic carbocycles. The Bertz CT molecular complexity index is 809. The first-order chi connectivity index (χ1) is 10.3. The fourth-order valence-corrected chi connectivity index (χ4v) is 2.17. The summed E-state index contributed by atoms with van der Waals surface area (Å²) in [6.07, 6.45) is 7.12. The van der Waals surface area contributed by atoms with Gasteiger partial charge in [-0.15, -0.1) is 0 Å². The fourth-order valence-electron chi connectivity index (χ4n) is 2.17. The third-order valence-electron chi connectivity index (χ3n) is 3.23. The van der Waals surface area contributed by atoms with E-state index in [1.165, 1.54) is 0 Å². The van der Waals surface area contributed by atoms with Crippen LogP contribution in [0.3, 0.4) is 0 Å². The highest BCUT2D eigenvalue weighted by Crippen LogP contribution is 2.27. The first kappa shape index (κ1) is 13.1. The zero-order valence-corrected chi connectivity index (χ0v) is 11.9. The Hall–Kier alpha value is -2.89. The van der Waals surface area contributed by atoms with Gasteiger partial charge in [0.25, 0.3) is 0 Å². The molecule has 0 bridgehead atoms. The van der Waals surface area contributed by atoms with Crippen LogP contribution in [0.2, 0.25) is 0 Å². The summed E-state index contributed by atoms with van der Waals surface area (Å²) in [6.45, 7) is 3.79. The Kier molecular flexibility index (Phi) is 3.27. The molecule has 6 heteroatoms. The average Bonchev–Trinajstić information content (AvgIpc) is 2.96. The molecule has 0 radical (unpaired) electrons. The van der Waals surface area contributed by atoms with Crippen LogP contribution in [-0.4, -0.2) is 33.7 Å². The number of nitrogens with one attached hydrogen (secondary N) is 1. The molecule has 3 aromatic heterocycles. The van der Waals surface area contributed by atoms with E-state index >= 15 is 0 Å². The predicted octanol–water partition coefficient (Wildman–Crippen LogP) is 2.48. The van der Waals surface area contributed by atoms with Crippen molar-refractivity contribution >= 4 is 17.5 Å². The molecule has 0 fully saturated rings. The Morgan fingerprint density at radius 1 is 1.43 bits per heavy atom. The van der Waals surface area contributed by atoms with Crippen molar-refractivity contribution < 1.29 is 4.74 Å². The van der Waals surface area contributed by atoms with Gasteiger partial charge in [-0.1, -0.05) is 12.7 Å². The molecule has 0 aromatic carbocycles. The number of ether oxygens (including phenoxy) is 1. The maximum Gasteiger partial charge on any atom is 0.213 e. The molecule has 0 aliphatic heterocycles. The molecule has 21 heavy (non-hydrogen) atoms. The number of aromatic nitrogens is 4. The van der Waals surface area contributed by atoms with Crippen LogP contribution in [-0.2, 0) is 0 Å². The number of nitrogens with zero attached hydrogens (tertiary/aromatic N) is 4. The van der Waals surface area contributed by atoms with Crippen LogP contribution in [0.4, 0.5) is 5.82 Å². The molecular weight excluding hydrogens is 266 g/mol. The van der Waals surface area contributed by atoms with Crippen molar-refractivity contribution in [3.63, 3.8) is 0 Å². The SMILES string of the molecule is C=Cc1cn2ncc(-c3ccnc(OC)c3)c2nc1NC. The molecule has 0 unspecified atom stereocenters. The molecule has 0 saturated heterocycles. The minimum absolute atomic E-state index is 0.559. The van der Waals surface area contributed by atoms with E-state index < -0.39 is 0 Å². The molecule has 6 nitrogen and oxygen atoms in total. The summed E-state index contributed by atoms with van der Waals surface area (Å²) in [5.74, 6) is 1.32. The van der Waals surface area contributed by atoms with Crippen LogP contribution in [0.1, 0.15) is 5.56 Å². The summed E-state index contributed by atoms with van der Waals surface area (Å²) in [5.41, 5.74) is 3.53. The molecule has 0 saturated carbocycles. The Morgan fingerprint density at radius 3 is 3.00 bits per heavy atom. The first-order valence-corrected chi connectivity index (χ1v) is 6.46. The van der Waals surface area contributed by atoms with Crippen molar-refractivity contribution in [3.8, 4) is 17.0 Å². The molecule has 0 spiro atoms. The maximum absolute atomic E-state index is 5.16. The van der Waals surface area contributed by atoms with Crippen LogP contribution in [0.5, 0.6) is 5.88 Å².